The van der Waals surface area contributed by atoms with E-state index in [9.17, 15) is 4.79 Å². The summed E-state index contributed by atoms with van der Waals surface area (Å²) in [6.45, 7) is 3.10. The summed E-state index contributed by atoms with van der Waals surface area (Å²) < 4.78 is 10.5. The van der Waals surface area contributed by atoms with Gasteiger partial charge in [-0.3, -0.25) is 4.79 Å². The molecule has 116 valence electrons. The molecule has 0 spiro atoms. The van der Waals surface area contributed by atoms with Crippen molar-refractivity contribution in [3.05, 3.63) is 41.8 Å². The van der Waals surface area contributed by atoms with Crippen molar-refractivity contribution >= 4 is 5.91 Å². The number of hydrogen-bond acceptors (Lipinski definition) is 6. The quantitative estimate of drug-likeness (QED) is 0.926. The van der Waals surface area contributed by atoms with Crippen LogP contribution in [-0.4, -0.2) is 27.6 Å². The average Bonchev–Trinajstić information content (AvgIpc) is 3.08. The Hall–Kier alpha value is -2.28. The Morgan fingerprint density at radius 3 is 2.82 bits per heavy atom. The van der Waals surface area contributed by atoms with Gasteiger partial charge in [-0.25, -0.2) is 9.97 Å². The maximum Gasteiger partial charge on any atom is 0.273 e. The molecule has 0 aliphatic carbocycles. The lowest BCUT2D eigenvalue weighted by Crippen LogP contribution is -2.32. The van der Waals surface area contributed by atoms with Gasteiger partial charge in [-0.15, -0.1) is 0 Å². The van der Waals surface area contributed by atoms with Crippen molar-refractivity contribution < 1.29 is 14.1 Å². The molecule has 7 nitrogen and oxygen atoms in total. The highest BCUT2D eigenvalue weighted by molar-refractivity contribution is 5.91. The van der Waals surface area contributed by atoms with Crippen LogP contribution >= 0.6 is 0 Å². The fraction of sp³-hybridized carbons (Fsp3) is 0.467. The van der Waals surface area contributed by atoms with Crippen LogP contribution in [0.25, 0.3) is 0 Å². The predicted octanol–water partition coefficient (Wildman–Crippen LogP) is 1.81. The molecule has 0 radical (unpaired) electrons. The smallest absolute Gasteiger partial charge is 0.273 e. The lowest BCUT2D eigenvalue weighted by Gasteiger charge is -2.32. The molecule has 1 N–H and O–H groups in total. The van der Waals surface area contributed by atoms with Gasteiger partial charge >= 0.3 is 0 Å². The first-order valence-corrected chi connectivity index (χ1v) is 7.31. The Bertz CT molecular complexity index is 619. The van der Waals surface area contributed by atoms with Crippen LogP contribution in [0.4, 0.5) is 0 Å². The van der Waals surface area contributed by atoms with Gasteiger partial charge in [0.05, 0.1) is 0 Å². The molecule has 2 aromatic heterocycles. The molecule has 1 aliphatic heterocycles. The van der Waals surface area contributed by atoms with Crippen LogP contribution in [0.5, 0.6) is 0 Å². The maximum absolute atomic E-state index is 11.7. The molecule has 0 aromatic carbocycles. The predicted molar refractivity (Wildman–Crippen MR) is 76.9 cm³/mol. The molecule has 3 rings (SSSR count). The fourth-order valence-corrected chi connectivity index (χ4v) is 2.43. The summed E-state index contributed by atoms with van der Waals surface area (Å²) in [5.41, 5.74) is 0.668. The standard InChI is InChI=1S/C15H18N4O3/c1-15(5-2-3-6-21-15)14-17-9-11(10-18-14)8-16-13(20)12-4-7-22-19-12/h4,7,9-10H,2-3,5-6,8H2,1H3,(H,16,20). The van der Waals surface area contributed by atoms with Gasteiger partial charge in [0, 0.05) is 37.2 Å². The highest BCUT2D eigenvalue weighted by atomic mass is 16.5. The Kier molecular flexibility index (Phi) is 4.15. The van der Waals surface area contributed by atoms with Crippen molar-refractivity contribution in [1.29, 1.82) is 0 Å². The van der Waals surface area contributed by atoms with E-state index < -0.39 is 5.60 Å². The molecule has 3 heterocycles. The van der Waals surface area contributed by atoms with Crippen molar-refractivity contribution in [2.24, 2.45) is 0 Å². The van der Waals surface area contributed by atoms with E-state index >= 15 is 0 Å². The number of hydrogen-bond donors (Lipinski definition) is 1. The topological polar surface area (TPSA) is 90.1 Å². The number of ether oxygens (including phenoxy) is 1. The number of rotatable bonds is 4. The van der Waals surface area contributed by atoms with Crippen molar-refractivity contribution in [3.8, 4) is 0 Å². The molecule has 22 heavy (non-hydrogen) atoms. The summed E-state index contributed by atoms with van der Waals surface area (Å²) >= 11 is 0. The van der Waals surface area contributed by atoms with E-state index in [1.807, 2.05) is 6.92 Å². The minimum Gasteiger partial charge on any atom is -0.367 e. The van der Waals surface area contributed by atoms with Gasteiger partial charge < -0.3 is 14.6 Å². The van der Waals surface area contributed by atoms with Crippen molar-refractivity contribution in [3.63, 3.8) is 0 Å². The molecule has 1 unspecified atom stereocenters. The maximum atomic E-state index is 11.7. The van der Waals surface area contributed by atoms with Crippen LogP contribution in [0.15, 0.2) is 29.2 Å². The SMILES string of the molecule is CC1(c2ncc(CNC(=O)c3ccon3)cn2)CCCCO1. The normalized spacial score (nSPS) is 21.5. The van der Waals surface area contributed by atoms with Crippen LogP contribution in [0.1, 0.15) is 48.1 Å². The highest BCUT2D eigenvalue weighted by Crippen LogP contribution is 2.32. The molecule has 1 fully saturated rings. The molecule has 7 heteroatoms. The zero-order valence-electron chi connectivity index (χ0n) is 12.4. The van der Waals surface area contributed by atoms with Gasteiger partial charge in [0.25, 0.3) is 5.91 Å². The van der Waals surface area contributed by atoms with Gasteiger partial charge in [-0.05, 0) is 26.2 Å². The van der Waals surface area contributed by atoms with Crippen LogP contribution in [0.2, 0.25) is 0 Å². The van der Waals surface area contributed by atoms with E-state index in [0.29, 0.717) is 12.4 Å². The average molecular weight is 302 g/mol. The lowest BCUT2D eigenvalue weighted by molar-refractivity contribution is -0.0760. The summed E-state index contributed by atoms with van der Waals surface area (Å²) in [6.07, 6.45) is 7.92. The van der Waals surface area contributed by atoms with Crippen molar-refractivity contribution in [2.75, 3.05) is 6.61 Å². The van der Waals surface area contributed by atoms with E-state index in [1.54, 1.807) is 12.4 Å². The Labute approximate surface area is 128 Å². The van der Waals surface area contributed by atoms with Gasteiger partial charge in [0.1, 0.15) is 11.9 Å². The third kappa shape index (κ3) is 3.14. The zero-order valence-corrected chi connectivity index (χ0v) is 12.4. The van der Waals surface area contributed by atoms with Gasteiger partial charge in [0.2, 0.25) is 0 Å². The third-order valence-corrected chi connectivity index (χ3v) is 3.77. The number of aromatic nitrogens is 3. The second-order valence-electron chi connectivity index (χ2n) is 5.52. The third-order valence-electron chi connectivity index (χ3n) is 3.77. The van der Waals surface area contributed by atoms with E-state index in [0.717, 1.165) is 31.4 Å². The zero-order chi connectivity index (χ0) is 15.4. The number of nitrogens with zero attached hydrogens (tertiary/aromatic N) is 3. The first kappa shape index (κ1) is 14.6. The Morgan fingerprint density at radius 1 is 1.36 bits per heavy atom. The first-order chi connectivity index (χ1) is 10.7. The van der Waals surface area contributed by atoms with E-state index in [4.69, 9.17) is 4.74 Å². The summed E-state index contributed by atoms with van der Waals surface area (Å²) in [5, 5.41) is 6.32. The number of amides is 1. The molecular formula is C15H18N4O3. The monoisotopic (exact) mass is 302 g/mol. The number of carbonyl (C=O) groups excluding carboxylic acids is 1. The van der Waals surface area contributed by atoms with Crippen molar-refractivity contribution in [2.45, 2.75) is 38.3 Å². The van der Waals surface area contributed by atoms with Gasteiger partial charge in [-0.2, -0.15) is 0 Å². The molecule has 1 atom stereocenters. The van der Waals surface area contributed by atoms with Gasteiger partial charge in [0.15, 0.2) is 11.5 Å². The highest BCUT2D eigenvalue weighted by Gasteiger charge is 2.32. The fourth-order valence-electron chi connectivity index (χ4n) is 2.43. The molecule has 1 amide bonds. The molecule has 2 aromatic rings. The summed E-state index contributed by atoms with van der Waals surface area (Å²) in [4.78, 5) is 20.5. The van der Waals surface area contributed by atoms with Crippen LogP contribution in [0.3, 0.4) is 0 Å². The van der Waals surface area contributed by atoms with Crippen LogP contribution in [-0.2, 0) is 16.9 Å². The first-order valence-electron chi connectivity index (χ1n) is 7.31. The number of nitrogens with one attached hydrogen (secondary N) is 1. The van der Waals surface area contributed by atoms with Crippen LogP contribution < -0.4 is 5.32 Å². The lowest BCUT2D eigenvalue weighted by atomic mass is 9.95. The molecule has 1 saturated heterocycles. The summed E-state index contributed by atoms with van der Waals surface area (Å²) in [6, 6.07) is 1.51. The minimum atomic E-state index is -0.402. The molecule has 0 saturated carbocycles. The van der Waals surface area contributed by atoms with E-state index in [2.05, 4.69) is 25.0 Å². The Balaban J connectivity index is 1.61. The summed E-state index contributed by atoms with van der Waals surface area (Å²) in [5.74, 6) is 0.402. The second-order valence-corrected chi connectivity index (χ2v) is 5.52. The molecule has 0 bridgehead atoms. The molecule has 1 aliphatic rings. The minimum absolute atomic E-state index is 0.251. The largest absolute Gasteiger partial charge is 0.367 e. The molecular weight excluding hydrogens is 284 g/mol. The van der Waals surface area contributed by atoms with E-state index in [1.165, 1.54) is 12.3 Å². The number of carbonyl (C=O) groups is 1. The Morgan fingerprint density at radius 2 is 2.18 bits per heavy atom. The summed E-state index contributed by atoms with van der Waals surface area (Å²) in [7, 11) is 0. The second kappa shape index (κ2) is 6.23. The van der Waals surface area contributed by atoms with Crippen molar-refractivity contribution in [1.82, 2.24) is 20.4 Å². The van der Waals surface area contributed by atoms with E-state index in [-0.39, 0.29) is 11.6 Å². The van der Waals surface area contributed by atoms with Gasteiger partial charge in [-0.1, -0.05) is 5.16 Å². The van der Waals surface area contributed by atoms with Crippen LogP contribution in [0, 0.1) is 0 Å².